The minimum atomic E-state index is 0.283. The molecule has 5 heteroatoms. The van der Waals surface area contributed by atoms with Crippen LogP contribution in [0.4, 0.5) is 11.4 Å². The fraction of sp³-hybridized carbons (Fsp3) is 0.316. The van der Waals surface area contributed by atoms with Gasteiger partial charge < -0.3 is 20.1 Å². The molecule has 24 heavy (non-hydrogen) atoms. The van der Waals surface area contributed by atoms with Gasteiger partial charge in [0.2, 0.25) is 0 Å². The van der Waals surface area contributed by atoms with Crippen molar-refractivity contribution in [1.82, 2.24) is 5.32 Å². The zero-order chi connectivity index (χ0) is 17.7. The number of benzene rings is 2. The lowest BCUT2D eigenvalue weighted by molar-refractivity contribution is -0.0979. The molecule has 1 aliphatic rings. The molecule has 2 unspecified atom stereocenters. The van der Waals surface area contributed by atoms with E-state index in [1.165, 1.54) is 5.56 Å². The number of hydrogen-bond acceptors (Lipinski definition) is 4. The maximum atomic E-state index is 9.54. The topological polar surface area (TPSA) is 52.6 Å². The first kappa shape index (κ1) is 18.3. The number of fused-ring (bicyclic) bond motifs is 1. The lowest BCUT2D eigenvalue weighted by atomic mass is 9.98. The summed E-state index contributed by atoms with van der Waals surface area (Å²) in [6, 6.07) is 13.8. The number of carbonyl (C=O) groups is 1. The number of nitrogens with zero attached hydrogens (tertiary/aromatic N) is 1. The van der Waals surface area contributed by atoms with Crippen molar-refractivity contribution >= 4 is 29.8 Å². The van der Waals surface area contributed by atoms with Gasteiger partial charge in [-0.15, -0.1) is 0 Å². The first-order valence-corrected chi connectivity index (χ1v) is 8.29. The van der Waals surface area contributed by atoms with Crippen molar-refractivity contribution in [2.45, 2.75) is 26.4 Å². The van der Waals surface area contributed by atoms with Gasteiger partial charge in [0, 0.05) is 35.5 Å². The standard InChI is InChI=1S/C18H21ClN2O.CH2O/c1-12-11-21(16-5-7-17(22)8-6-16)18-9-15(19)4-3-14(18)10-20-13(12)2;1-2/h3-9,12-13,20,22H,10-11H2,1-2H3;1H2. The Balaban J connectivity index is 0.00000100. The molecule has 3 rings (SSSR count). The molecule has 2 aromatic rings. The number of rotatable bonds is 1. The molecule has 0 spiro atoms. The second-order valence-electron chi connectivity index (χ2n) is 6.05. The molecule has 2 N–H and O–H groups in total. The van der Waals surface area contributed by atoms with Crippen LogP contribution in [0.1, 0.15) is 19.4 Å². The van der Waals surface area contributed by atoms with E-state index < -0.39 is 0 Å². The molecule has 2 atom stereocenters. The minimum absolute atomic E-state index is 0.283. The molecule has 1 heterocycles. The zero-order valence-corrected chi connectivity index (χ0v) is 14.8. The molecule has 0 radical (unpaired) electrons. The Kier molecular flexibility index (Phi) is 6.23. The van der Waals surface area contributed by atoms with Crippen LogP contribution in [-0.2, 0) is 11.3 Å². The molecule has 128 valence electrons. The van der Waals surface area contributed by atoms with Crippen LogP contribution < -0.4 is 10.2 Å². The van der Waals surface area contributed by atoms with Gasteiger partial charge in [-0.05, 0) is 54.8 Å². The van der Waals surface area contributed by atoms with E-state index in [0.29, 0.717) is 12.0 Å². The molecule has 0 saturated carbocycles. The Labute approximate surface area is 148 Å². The quantitative estimate of drug-likeness (QED) is 0.815. The van der Waals surface area contributed by atoms with Crippen LogP contribution in [0.15, 0.2) is 42.5 Å². The van der Waals surface area contributed by atoms with E-state index in [1.807, 2.05) is 31.1 Å². The smallest absolute Gasteiger partial charge is 0.115 e. The van der Waals surface area contributed by atoms with Crippen LogP contribution >= 0.6 is 11.6 Å². The highest BCUT2D eigenvalue weighted by atomic mass is 35.5. The molecule has 4 nitrogen and oxygen atoms in total. The summed E-state index contributed by atoms with van der Waals surface area (Å²) in [5.41, 5.74) is 3.43. The third-order valence-corrected chi connectivity index (χ3v) is 4.67. The van der Waals surface area contributed by atoms with Gasteiger partial charge in [0.25, 0.3) is 0 Å². The lowest BCUT2D eigenvalue weighted by Crippen LogP contribution is -2.40. The normalized spacial score (nSPS) is 20.2. The molecule has 1 aliphatic heterocycles. The average molecular weight is 347 g/mol. The van der Waals surface area contributed by atoms with Crippen molar-refractivity contribution in [3.63, 3.8) is 0 Å². The van der Waals surface area contributed by atoms with E-state index in [-0.39, 0.29) is 5.75 Å². The third kappa shape index (κ3) is 4.08. The minimum Gasteiger partial charge on any atom is -0.508 e. The molecular weight excluding hydrogens is 324 g/mol. The van der Waals surface area contributed by atoms with Crippen molar-refractivity contribution in [2.75, 3.05) is 11.4 Å². The van der Waals surface area contributed by atoms with Crippen LogP contribution in [0, 0.1) is 5.92 Å². The van der Waals surface area contributed by atoms with Crippen molar-refractivity contribution in [3.8, 4) is 5.75 Å². The zero-order valence-electron chi connectivity index (χ0n) is 14.0. The Morgan fingerprint density at radius 2 is 1.83 bits per heavy atom. The lowest BCUT2D eigenvalue weighted by Gasteiger charge is -2.35. The summed E-state index contributed by atoms with van der Waals surface area (Å²) < 4.78 is 0. The summed E-state index contributed by atoms with van der Waals surface area (Å²) in [6.45, 7) is 8.19. The highest BCUT2D eigenvalue weighted by Crippen LogP contribution is 2.34. The second kappa shape index (κ2) is 8.18. The van der Waals surface area contributed by atoms with E-state index in [1.54, 1.807) is 12.1 Å². The number of carbonyl (C=O) groups excluding carboxylic acids is 1. The highest BCUT2D eigenvalue weighted by molar-refractivity contribution is 6.30. The molecular formula is C19H23ClN2O2. The van der Waals surface area contributed by atoms with Gasteiger partial charge in [0.1, 0.15) is 12.5 Å². The predicted octanol–water partition coefficient (Wildman–Crippen LogP) is 4.13. The summed E-state index contributed by atoms with van der Waals surface area (Å²) in [5, 5.41) is 13.9. The molecule has 2 aromatic carbocycles. The SMILES string of the molecule is C=O.CC1CN(c2ccc(O)cc2)c2cc(Cl)ccc2CNC1C. The number of phenolic OH excluding ortho intramolecular Hbond substituents is 1. The van der Waals surface area contributed by atoms with Crippen LogP contribution in [0.5, 0.6) is 5.75 Å². The number of nitrogens with one attached hydrogen (secondary N) is 1. The Hall–Kier alpha value is -2.04. The van der Waals surface area contributed by atoms with Crippen LogP contribution in [-0.4, -0.2) is 24.5 Å². The second-order valence-corrected chi connectivity index (χ2v) is 6.48. The van der Waals surface area contributed by atoms with Gasteiger partial charge in [-0.3, -0.25) is 0 Å². The van der Waals surface area contributed by atoms with Crippen molar-refractivity contribution < 1.29 is 9.90 Å². The Morgan fingerprint density at radius 1 is 1.17 bits per heavy atom. The summed E-state index contributed by atoms with van der Waals surface area (Å²) in [6.07, 6.45) is 0. The van der Waals surface area contributed by atoms with Gasteiger partial charge >= 0.3 is 0 Å². The molecule has 0 amide bonds. The molecule has 0 saturated heterocycles. The van der Waals surface area contributed by atoms with Gasteiger partial charge in [0.15, 0.2) is 0 Å². The summed E-state index contributed by atoms with van der Waals surface area (Å²) in [4.78, 5) is 10.3. The fourth-order valence-corrected chi connectivity index (χ4v) is 3.00. The first-order chi connectivity index (χ1) is 11.5. The predicted molar refractivity (Wildman–Crippen MR) is 99.2 cm³/mol. The van der Waals surface area contributed by atoms with Gasteiger partial charge in [-0.25, -0.2) is 0 Å². The molecule has 0 aliphatic carbocycles. The van der Waals surface area contributed by atoms with Crippen LogP contribution in [0.3, 0.4) is 0 Å². The maximum Gasteiger partial charge on any atom is 0.115 e. The fourth-order valence-electron chi connectivity index (χ4n) is 2.83. The number of aromatic hydroxyl groups is 1. The average Bonchev–Trinajstić information content (AvgIpc) is 2.60. The largest absolute Gasteiger partial charge is 0.508 e. The van der Waals surface area contributed by atoms with Crippen LogP contribution in [0.25, 0.3) is 0 Å². The van der Waals surface area contributed by atoms with E-state index >= 15 is 0 Å². The van der Waals surface area contributed by atoms with E-state index in [0.717, 1.165) is 29.5 Å². The third-order valence-electron chi connectivity index (χ3n) is 4.44. The van der Waals surface area contributed by atoms with E-state index in [4.69, 9.17) is 16.4 Å². The molecule has 0 fully saturated rings. The highest BCUT2D eigenvalue weighted by Gasteiger charge is 2.23. The monoisotopic (exact) mass is 346 g/mol. The summed E-state index contributed by atoms with van der Waals surface area (Å²) in [5.74, 6) is 0.770. The van der Waals surface area contributed by atoms with Crippen LogP contribution in [0.2, 0.25) is 5.02 Å². The number of halogens is 1. The number of hydrogen-bond donors (Lipinski definition) is 2. The summed E-state index contributed by atoms with van der Waals surface area (Å²) in [7, 11) is 0. The van der Waals surface area contributed by atoms with E-state index in [9.17, 15) is 5.11 Å². The van der Waals surface area contributed by atoms with Crippen molar-refractivity contribution in [1.29, 1.82) is 0 Å². The van der Waals surface area contributed by atoms with Gasteiger partial charge in [-0.2, -0.15) is 0 Å². The van der Waals surface area contributed by atoms with E-state index in [2.05, 4.69) is 30.1 Å². The summed E-state index contributed by atoms with van der Waals surface area (Å²) >= 11 is 6.23. The number of anilines is 2. The molecule has 0 bridgehead atoms. The van der Waals surface area contributed by atoms with Gasteiger partial charge in [0.05, 0.1) is 0 Å². The van der Waals surface area contributed by atoms with Crippen molar-refractivity contribution in [3.05, 3.63) is 53.1 Å². The van der Waals surface area contributed by atoms with Crippen molar-refractivity contribution in [2.24, 2.45) is 5.92 Å². The van der Waals surface area contributed by atoms with Gasteiger partial charge in [-0.1, -0.05) is 24.6 Å². The number of phenols is 1. The Morgan fingerprint density at radius 3 is 2.50 bits per heavy atom. The Bertz CT molecular complexity index is 676. The maximum absolute atomic E-state index is 9.54. The first-order valence-electron chi connectivity index (χ1n) is 7.92. The molecule has 0 aromatic heterocycles.